The number of amides is 1. The normalized spacial score (nSPS) is 14.5. The Morgan fingerprint density at radius 2 is 1.96 bits per heavy atom. The first-order chi connectivity index (χ1) is 13.1. The topological polar surface area (TPSA) is 80.1 Å². The Balaban J connectivity index is 1.53. The molecule has 10 heteroatoms. The molecular formula is C17H16ClN5O2S2. The average Bonchev–Trinajstić information content (AvgIpc) is 3.12. The van der Waals surface area contributed by atoms with E-state index in [4.69, 9.17) is 11.6 Å². The minimum Gasteiger partial charge on any atom is -0.346 e. The molecule has 3 heterocycles. The van der Waals surface area contributed by atoms with Crippen molar-refractivity contribution in [2.24, 2.45) is 0 Å². The van der Waals surface area contributed by atoms with E-state index in [0.717, 1.165) is 29.7 Å². The molecule has 7 nitrogen and oxygen atoms in total. The van der Waals surface area contributed by atoms with E-state index in [1.807, 2.05) is 11.8 Å². The van der Waals surface area contributed by atoms with Crippen LogP contribution in [0, 0.1) is 0 Å². The van der Waals surface area contributed by atoms with E-state index in [1.54, 1.807) is 24.3 Å². The van der Waals surface area contributed by atoms with Crippen LogP contribution >= 0.6 is 34.7 Å². The van der Waals surface area contributed by atoms with Crippen LogP contribution in [0.15, 0.2) is 35.4 Å². The highest BCUT2D eigenvalue weighted by atomic mass is 35.5. The maximum absolute atomic E-state index is 12.7. The molecule has 2 aromatic heterocycles. The molecule has 1 aliphatic rings. The van der Waals surface area contributed by atoms with Crippen LogP contribution in [0.4, 0.5) is 10.8 Å². The van der Waals surface area contributed by atoms with Gasteiger partial charge >= 0.3 is 0 Å². The Labute approximate surface area is 168 Å². The van der Waals surface area contributed by atoms with Crippen molar-refractivity contribution in [3.8, 4) is 0 Å². The van der Waals surface area contributed by atoms with Crippen molar-refractivity contribution in [1.29, 1.82) is 0 Å². The molecule has 0 unspecified atom stereocenters. The van der Waals surface area contributed by atoms with Crippen molar-refractivity contribution in [2.45, 2.75) is 6.54 Å². The summed E-state index contributed by atoms with van der Waals surface area (Å²) in [6.07, 6.45) is 1.38. The molecule has 140 valence electrons. The first-order valence-electron chi connectivity index (χ1n) is 8.34. The maximum Gasteiger partial charge on any atom is 0.273 e. The number of hydrogen-bond donors (Lipinski definition) is 1. The van der Waals surface area contributed by atoms with Crippen LogP contribution in [0.1, 0.15) is 0 Å². The fourth-order valence-corrected chi connectivity index (χ4v) is 4.78. The molecule has 1 fully saturated rings. The Morgan fingerprint density at radius 3 is 2.70 bits per heavy atom. The molecule has 1 N–H and O–H groups in total. The van der Waals surface area contributed by atoms with E-state index < -0.39 is 0 Å². The third-order valence-electron chi connectivity index (χ3n) is 4.10. The second-order valence-corrected chi connectivity index (χ2v) is 8.62. The van der Waals surface area contributed by atoms with Gasteiger partial charge in [0.2, 0.25) is 5.91 Å². The molecule has 3 aromatic rings. The van der Waals surface area contributed by atoms with Crippen molar-refractivity contribution in [3.63, 3.8) is 0 Å². The minimum atomic E-state index is -0.307. The second kappa shape index (κ2) is 7.87. The molecule has 0 saturated carbocycles. The van der Waals surface area contributed by atoms with Gasteiger partial charge in [-0.15, -0.1) is 0 Å². The Kier molecular flexibility index (Phi) is 5.33. The average molecular weight is 422 g/mol. The number of fused-ring (bicyclic) bond motifs is 1. The van der Waals surface area contributed by atoms with Gasteiger partial charge in [-0.3, -0.25) is 14.2 Å². The minimum absolute atomic E-state index is 0.113. The number of hydrogen-bond acceptors (Lipinski definition) is 7. The third kappa shape index (κ3) is 4.10. The maximum atomic E-state index is 12.7. The van der Waals surface area contributed by atoms with Crippen LogP contribution in [-0.2, 0) is 11.3 Å². The van der Waals surface area contributed by atoms with E-state index in [2.05, 4.69) is 20.2 Å². The van der Waals surface area contributed by atoms with Crippen molar-refractivity contribution in [1.82, 2.24) is 14.5 Å². The number of aromatic nitrogens is 3. The summed E-state index contributed by atoms with van der Waals surface area (Å²) in [7, 11) is 0. The summed E-state index contributed by atoms with van der Waals surface area (Å²) in [5.41, 5.74) is 0.809. The standard InChI is InChI=1S/C17H16ClN5O2S2/c18-11-1-3-12(4-2-11)20-13(24)9-23-10-19-15-14(16(23)25)27-17(21-15)22-5-7-26-8-6-22/h1-4,10H,5-9H2,(H,20,24). The molecule has 1 aromatic carbocycles. The van der Waals surface area contributed by atoms with Crippen molar-refractivity contribution < 1.29 is 4.79 Å². The Morgan fingerprint density at radius 1 is 1.22 bits per heavy atom. The van der Waals surface area contributed by atoms with Crippen LogP contribution in [0.5, 0.6) is 0 Å². The first-order valence-corrected chi connectivity index (χ1v) is 10.7. The summed E-state index contributed by atoms with van der Waals surface area (Å²) in [6.45, 7) is 1.72. The van der Waals surface area contributed by atoms with Gasteiger partial charge in [0.15, 0.2) is 10.8 Å². The lowest BCUT2D eigenvalue weighted by molar-refractivity contribution is -0.116. The Bertz CT molecular complexity index is 1030. The number of carbonyl (C=O) groups is 1. The smallest absolute Gasteiger partial charge is 0.273 e. The van der Waals surface area contributed by atoms with Crippen LogP contribution in [0.3, 0.4) is 0 Å². The quantitative estimate of drug-likeness (QED) is 0.697. The lowest BCUT2D eigenvalue weighted by Crippen LogP contribution is -2.32. The highest BCUT2D eigenvalue weighted by molar-refractivity contribution is 7.99. The number of thiazole rings is 1. The number of halogens is 1. The van der Waals surface area contributed by atoms with Gasteiger partial charge in [0, 0.05) is 35.3 Å². The highest BCUT2D eigenvalue weighted by Crippen LogP contribution is 2.27. The number of nitrogens with one attached hydrogen (secondary N) is 1. The Hall–Kier alpha value is -2.10. The van der Waals surface area contributed by atoms with Gasteiger partial charge in [-0.1, -0.05) is 22.9 Å². The zero-order chi connectivity index (χ0) is 18.8. The molecule has 0 spiro atoms. The largest absolute Gasteiger partial charge is 0.346 e. The summed E-state index contributed by atoms with van der Waals surface area (Å²) in [5, 5.41) is 4.15. The molecule has 0 aliphatic carbocycles. The third-order valence-corrected chi connectivity index (χ3v) is 6.38. The van der Waals surface area contributed by atoms with Crippen LogP contribution in [0.2, 0.25) is 5.02 Å². The van der Waals surface area contributed by atoms with Gasteiger partial charge in [0.1, 0.15) is 17.6 Å². The SMILES string of the molecule is O=C(Cn1cnc2nc(N3CCSCC3)sc2c1=O)Nc1ccc(Cl)cc1. The first kappa shape index (κ1) is 18.3. The lowest BCUT2D eigenvalue weighted by Gasteiger charge is -2.25. The van der Waals surface area contributed by atoms with Crippen LogP contribution in [0.25, 0.3) is 10.3 Å². The molecule has 1 amide bonds. The molecule has 0 atom stereocenters. The number of rotatable bonds is 4. The van der Waals surface area contributed by atoms with Gasteiger partial charge < -0.3 is 10.2 Å². The van der Waals surface area contributed by atoms with Gasteiger partial charge in [-0.25, -0.2) is 4.98 Å². The zero-order valence-corrected chi connectivity index (χ0v) is 16.6. The summed E-state index contributed by atoms with van der Waals surface area (Å²) in [6, 6.07) is 6.79. The monoisotopic (exact) mass is 421 g/mol. The van der Waals surface area contributed by atoms with Crippen molar-refractivity contribution >= 4 is 61.8 Å². The van der Waals surface area contributed by atoms with E-state index in [0.29, 0.717) is 21.1 Å². The molecule has 27 heavy (non-hydrogen) atoms. The molecule has 1 aliphatic heterocycles. The molecular weight excluding hydrogens is 406 g/mol. The predicted octanol–water partition coefficient (Wildman–Crippen LogP) is 2.70. The summed E-state index contributed by atoms with van der Waals surface area (Å²) in [5.74, 6) is 1.80. The molecule has 1 saturated heterocycles. The lowest BCUT2D eigenvalue weighted by atomic mass is 10.3. The van der Waals surface area contributed by atoms with Crippen molar-refractivity contribution in [2.75, 3.05) is 34.8 Å². The van der Waals surface area contributed by atoms with E-state index >= 15 is 0 Å². The predicted molar refractivity (Wildman–Crippen MR) is 111 cm³/mol. The van der Waals surface area contributed by atoms with E-state index in [-0.39, 0.29) is 18.0 Å². The number of benzene rings is 1. The highest BCUT2D eigenvalue weighted by Gasteiger charge is 2.18. The summed E-state index contributed by atoms with van der Waals surface area (Å²) < 4.78 is 1.78. The summed E-state index contributed by atoms with van der Waals surface area (Å²) in [4.78, 5) is 35.9. The molecule has 0 radical (unpaired) electrons. The van der Waals surface area contributed by atoms with Crippen LogP contribution in [-0.4, -0.2) is 45.0 Å². The van der Waals surface area contributed by atoms with E-state index in [9.17, 15) is 9.59 Å². The fourth-order valence-electron chi connectivity index (χ4n) is 2.73. The number of thioether (sulfide) groups is 1. The van der Waals surface area contributed by atoms with Gasteiger partial charge in [-0.05, 0) is 24.3 Å². The fraction of sp³-hybridized carbons (Fsp3) is 0.294. The van der Waals surface area contributed by atoms with Gasteiger partial charge in [0.05, 0.1) is 0 Å². The van der Waals surface area contributed by atoms with E-state index in [1.165, 1.54) is 22.2 Å². The number of nitrogens with zero attached hydrogens (tertiary/aromatic N) is 4. The van der Waals surface area contributed by atoms with Crippen molar-refractivity contribution in [3.05, 3.63) is 46.0 Å². The van der Waals surface area contributed by atoms with Crippen LogP contribution < -0.4 is 15.8 Å². The number of anilines is 2. The van der Waals surface area contributed by atoms with Gasteiger partial charge in [0.25, 0.3) is 5.56 Å². The molecule has 0 bridgehead atoms. The summed E-state index contributed by atoms with van der Waals surface area (Å²) >= 11 is 9.09. The number of carbonyl (C=O) groups excluding carboxylic acids is 1. The second-order valence-electron chi connectivity index (χ2n) is 5.98. The molecule has 4 rings (SSSR count). The zero-order valence-electron chi connectivity index (χ0n) is 14.2. The van der Waals surface area contributed by atoms with Gasteiger partial charge in [-0.2, -0.15) is 16.7 Å².